The number of Topliss-reactive ketones (excluding diaryl/α,β-unsaturated/α-hetero) is 2. The smallest absolute Gasteiger partial charge is 0.311 e. The zero-order valence-electron chi connectivity index (χ0n) is 23.8. The Hall–Kier alpha value is -1.91. The summed E-state index contributed by atoms with van der Waals surface area (Å²) in [6.45, 7) is 18.2. The van der Waals surface area contributed by atoms with Crippen LogP contribution in [0.3, 0.4) is 0 Å². The number of rotatable bonds is 15. The van der Waals surface area contributed by atoms with Crippen LogP contribution in [0.5, 0.6) is 0 Å². The predicted octanol–water partition coefficient (Wildman–Crippen LogP) is 7.89. The molecule has 1 rings (SSSR count). The second-order valence-corrected chi connectivity index (χ2v) is 11.6. The van der Waals surface area contributed by atoms with Gasteiger partial charge in [0, 0.05) is 17.9 Å². The molecule has 35 heavy (non-hydrogen) atoms. The first-order valence-electron chi connectivity index (χ1n) is 13.8. The first-order chi connectivity index (χ1) is 16.3. The molecule has 1 unspecified atom stereocenters. The fourth-order valence-electron chi connectivity index (χ4n) is 4.46. The molecule has 5 heteroatoms. The van der Waals surface area contributed by atoms with Gasteiger partial charge in [0.2, 0.25) is 0 Å². The second-order valence-electron chi connectivity index (χ2n) is 11.6. The summed E-state index contributed by atoms with van der Waals surface area (Å²) in [6.07, 6.45) is 5.01. The number of allylic oxidation sites excluding steroid dienone is 3. The summed E-state index contributed by atoms with van der Waals surface area (Å²) in [7, 11) is 0. The maximum Gasteiger partial charge on any atom is 0.311 e. The first kappa shape index (κ1) is 31.1. The van der Waals surface area contributed by atoms with Crippen LogP contribution < -0.4 is 0 Å². The first-order valence-corrected chi connectivity index (χ1v) is 13.8. The summed E-state index contributed by atoms with van der Waals surface area (Å²) >= 11 is 0. The van der Waals surface area contributed by atoms with Gasteiger partial charge in [-0.1, -0.05) is 62.3 Å². The molecular formula is C30H50O5. The molecule has 0 amide bonds. The molecule has 0 bridgehead atoms. The lowest BCUT2D eigenvalue weighted by atomic mass is 9.64. The molecule has 1 N–H and O–H groups in total. The van der Waals surface area contributed by atoms with Crippen LogP contribution in [0.2, 0.25) is 0 Å². The highest BCUT2D eigenvalue weighted by Gasteiger charge is 2.51. The lowest BCUT2D eigenvalue weighted by molar-refractivity contribution is -0.139. The quantitative estimate of drug-likeness (QED) is 0.186. The Balaban J connectivity index is 3.91. The van der Waals surface area contributed by atoms with E-state index in [1.54, 1.807) is 0 Å². The van der Waals surface area contributed by atoms with Crippen molar-refractivity contribution in [1.82, 2.24) is 0 Å². The van der Waals surface area contributed by atoms with Gasteiger partial charge in [0.1, 0.15) is 11.3 Å². The Morgan fingerprint density at radius 1 is 0.886 bits per heavy atom. The number of ketones is 2. The molecule has 0 heterocycles. The zero-order chi connectivity index (χ0) is 26.9. The van der Waals surface area contributed by atoms with Crippen molar-refractivity contribution in [1.29, 1.82) is 0 Å². The highest BCUT2D eigenvalue weighted by Crippen LogP contribution is 2.49. The molecule has 200 valence electrons. The standard InChI is InChI=1S/C30H50O5/c1-10-12-24(31)35-27-23(14-13-19(3)4)28(33)30(17-15-20(5)6,18-16-21(7)8)29(34)25(27)26(32)22(9)11-2/h19-22,33H,10-18H2,1-9H3. The van der Waals surface area contributed by atoms with E-state index in [-0.39, 0.29) is 41.0 Å². The van der Waals surface area contributed by atoms with Gasteiger partial charge in [-0.25, -0.2) is 0 Å². The third-order valence-corrected chi connectivity index (χ3v) is 7.15. The number of hydrogen-bond acceptors (Lipinski definition) is 5. The van der Waals surface area contributed by atoms with Gasteiger partial charge in [0.15, 0.2) is 17.3 Å². The number of aliphatic hydroxyl groups is 1. The van der Waals surface area contributed by atoms with E-state index in [0.29, 0.717) is 55.4 Å². The predicted molar refractivity (Wildman–Crippen MR) is 142 cm³/mol. The van der Waals surface area contributed by atoms with Gasteiger partial charge in [0.25, 0.3) is 0 Å². The fourth-order valence-corrected chi connectivity index (χ4v) is 4.46. The number of carbonyl (C=O) groups is 3. The van der Waals surface area contributed by atoms with E-state index in [2.05, 4.69) is 41.5 Å². The Labute approximate surface area is 213 Å². The van der Waals surface area contributed by atoms with E-state index in [4.69, 9.17) is 4.74 Å². The Kier molecular flexibility index (Phi) is 12.4. The average molecular weight is 491 g/mol. The zero-order valence-corrected chi connectivity index (χ0v) is 23.8. The SMILES string of the molecule is CCCC(=O)OC1=C(C(=O)C(C)CC)C(=O)C(CCC(C)C)(CCC(C)C)C(O)=C1CCC(C)C. The average Bonchev–Trinajstić information content (AvgIpc) is 2.77. The lowest BCUT2D eigenvalue weighted by Crippen LogP contribution is -2.43. The molecule has 1 aliphatic rings. The Morgan fingerprint density at radius 2 is 1.40 bits per heavy atom. The summed E-state index contributed by atoms with van der Waals surface area (Å²) in [5.74, 6) is -0.455. The van der Waals surface area contributed by atoms with Crippen molar-refractivity contribution < 1.29 is 24.2 Å². The minimum absolute atomic E-state index is 0.00660. The molecule has 0 saturated heterocycles. The highest BCUT2D eigenvalue weighted by molar-refractivity contribution is 6.25. The number of esters is 1. The summed E-state index contributed by atoms with van der Waals surface area (Å²) in [6, 6.07) is 0. The number of aliphatic hydroxyl groups excluding tert-OH is 1. The van der Waals surface area contributed by atoms with Gasteiger partial charge in [-0.05, 0) is 69.1 Å². The maximum absolute atomic E-state index is 14.3. The van der Waals surface area contributed by atoms with Crippen LogP contribution >= 0.6 is 0 Å². The summed E-state index contributed by atoms with van der Waals surface area (Å²) in [5, 5.41) is 11.8. The molecule has 1 atom stereocenters. The van der Waals surface area contributed by atoms with Crippen LogP contribution in [0.25, 0.3) is 0 Å². The van der Waals surface area contributed by atoms with Crippen molar-refractivity contribution in [2.45, 2.75) is 120 Å². The molecular weight excluding hydrogens is 440 g/mol. The number of carbonyl (C=O) groups excluding carboxylic acids is 3. The van der Waals surface area contributed by atoms with Crippen molar-refractivity contribution in [2.75, 3.05) is 0 Å². The minimum atomic E-state index is -1.15. The van der Waals surface area contributed by atoms with Crippen LogP contribution in [-0.4, -0.2) is 22.6 Å². The summed E-state index contributed by atoms with van der Waals surface area (Å²) in [5.41, 5.74) is -0.685. The molecule has 1 aliphatic carbocycles. The van der Waals surface area contributed by atoms with Crippen LogP contribution in [-0.2, 0) is 19.1 Å². The minimum Gasteiger partial charge on any atom is -0.511 e. The van der Waals surface area contributed by atoms with Crippen molar-refractivity contribution >= 4 is 17.5 Å². The lowest BCUT2D eigenvalue weighted by Gasteiger charge is -2.39. The van der Waals surface area contributed by atoms with Crippen molar-refractivity contribution in [2.24, 2.45) is 29.1 Å². The van der Waals surface area contributed by atoms with E-state index in [1.165, 1.54) is 0 Å². The highest BCUT2D eigenvalue weighted by atomic mass is 16.5. The fraction of sp³-hybridized carbons (Fsp3) is 0.767. The van der Waals surface area contributed by atoms with Gasteiger partial charge in [-0.3, -0.25) is 14.4 Å². The van der Waals surface area contributed by atoms with Crippen molar-refractivity contribution in [3.05, 3.63) is 22.7 Å². The molecule has 0 aliphatic heterocycles. The summed E-state index contributed by atoms with van der Waals surface area (Å²) < 4.78 is 5.77. The molecule has 0 aromatic rings. The molecule has 0 aromatic heterocycles. The normalized spacial score (nSPS) is 17.1. The van der Waals surface area contributed by atoms with E-state index < -0.39 is 11.4 Å². The van der Waals surface area contributed by atoms with Crippen molar-refractivity contribution in [3.8, 4) is 0 Å². The van der Waals surface area contributed by atoms with Gasteiger partial charge in [-0.15, -0.1) is 0 Å². The number of hydrogen-bond donors (Lipinski definition) is 1. The van der Waals surface area contributed by atoms with Gasteiger partial charge < -0.3 is 9.84 Å². The van der Waals surface area contributed by atoms with E-state index in [1.807, 2.05) is 20.8 Å². The Bertz CT molecular complexity index is 801. The van der Waals surface area contributed by atoms with Crippen LogP contribution in [0.1, 0.15) is 120 Å². The summed E-state index contributed by atoms with van der Waals surface area (Å²) in [4.78, 5) is 40.6. The molecule has 0 radical (unpaired) electrons. The van der Waals surface area contributed by atoms with Gasteiger partial charge in [0.05, 0.1) is 5.41 Å². The third kappa shape index (κ3) is 8.05. The largest absolute Gasteiger partial charge is 0.511 e. The second kappa shape index (κ2) is 14.0. The number of ether oxygens (including phenoxy) is 1. The van der Waals surface area contributed by atoms with Crippen LogP contribution in [0, 0.1) is 29.1 Å². The van der Waals surface area contributed by atoms with Gasteiger partial charge in [-0.2, -0.15) is 0 Å². The van der Waals surface area contributed by atoms with Crippen molar-refractivity contribution in [3.63, 3.8) is 0 Å². The molecule has 5 nitrogen and oxygen atoms in total. The third-order valence-electron chi connectivity index (χ3n) is 7.15. The van der Waals surface area contributed by atoms with Gasteiger partial charge >= 0.3 is 5.97 Å². The monoisotopic (exact) mass is 490 g/mol. The molecule has 0 aromatic carbocycles. The Morgan fingerprint density at radius 3 is 1.83 bits per heavy atom. The molecule has 0 saturated carbocycles. The van der Waals surface area contributed by atoms with E-state index >= 15 is 0 Å². The van der Waals surface area contributed by atoms with E-state index in [9.17, 15) is 19.5 Å². The topological polar surface area (TPSA) is 80.7 Å². The van der Waals surface area contributed by atoms with E-state index in [0.717, 1.165) is 19.3 Å². The molecule has 0 spiro atoms. The van der Waals surface area contributed by atoms with Crippen LogP contribution in [0.15, 0.2) is 22.7 Å². The molecule has 0 fully saturated rings. The van der Waals surface area contributed by atoms with Crippen LogP contribution in [0.4, 0.5) is 0 Å². The maximum atomic E-state index is 14.3.